The van der Waals surface area contributed by atoms with Crippen LogP contribution in [-0.2, 0) is 11.2 Å². The first kappa shape index (κ1) is 17.8. The highest BCUT2D eigenvalue weighted by molar-refractivity contribution is 5.89. The first-order chi connectivity index (χ1) is 11.6. The van der Waals surface area contributed by atoms with Gasteiger partial charge in [-0.15, -0.1) is 0 Å². The summed E-state index contributed by atoms with van der Waals surface area (Å²) >= 11 is 0. The third kappa shape index (κ3) is 5.91. The van der Waals surface area contributed by atoms with Gasteiger partial charge in [0.15, 0.2) is 0 Å². The van der Waals surface area contributed by atoms with E-state index in [2.05, 4.69) is 21.7 Å². The number of nitrogens with one attached hydrogen (secondary N) is 2. The summed E-state index contributed by atoms with van der Waals surface area (Å²) in [5.74, 6) is 1.79. The van der Waals surface area contributed by atoms with E-state index in [9.17, 15) is 4.79 Å². The number of hydrogen-bond donors (Lipinski definition) is 2. The van der Waals surface area contributed by atoms with E-state index in [-0.39, 0.29) is 5.91 Å². The molecule has 0 bridgehead atoms. The number of pyridine rings is 1. The van der Waals surface area contributed by atoms with Gasteiger partial charge in [-0.3, -0.25) is 4.79 Å². The maximum absolute atomic E-state index is 11.7. The van der Waals surface area contributed by atoms with Gasteiger partial charge in [0.1, 0.15) is 11.6 Å². The van der Waals surface area contributed by atoms with Crippen LogP contribution in [0.5, 0.6) is 5.75 Å². The van der Waals surface area contributed by atoms with E-state index in [0.29, 0.717) is 18.2 Å². The number of aromatic nitrogens is 1. The number of hydrogen-bond acceptors (Lipinski definition) is 4. The van der Waals surface area contributed by atoms with Crippen LogP contribution in [0.4, 0.5) is 11.5 Å². The summed E-state index contributed by atoms with van der Waals surface area (Å²) in [7, 11) is 1.67. The second-order valence-corrected chi connectivity index (χ2v) is 6.11. The Balaban J connectivity index is 1.80. The predicted molar refractivity (Wildman–Crippen MR) is 97.5 cm³/mol. The van der Waals surface area contributed by atoms with Crippen LogP contribution >= 0.6 is 0 Å². The maximum atomic E-state index is 11.7. The molecule has 24 heavy (non-hydrogen) atoms. The van der Waals surface area contributed by atoms with Crippen LogP contribution in [0.2, 0.25) is 0 Å². The van der Waals surface area contributed by atoms with Crippen molar-refractivity contribution in [2.75, 3.05) is 24.3 Å². The highest BCUT2D eigenvalue weighted by Crippen LogP contribution is 2.14. The Morgan fingerprint density at radius 1 is 1.25 bits per heavy atom. The molecule has 1 amide bonds. The molecule has 2 aromatic rings. The fourth-order valence-corrected chi connectivity index (χ4v) is 2.32. The molecular weight excluding hydrogens is 302 g/mol. The van der Waals surface area contributed by atoms with Crippen molar-refractivity contribution in [3.63, 3.8) is 0 Å². The summed E-state index contributed by atoms with van der Waals surface area (Å²) < 4.78 is 5.22. The van der Waals surface area contributed by atoms with Crippen LogP contribution in [0.1, 0.15) is 25.8 Å². The average Bonchev–Trinajstić information content (AvgIpc) is 2.56. The first-order valence-electron chi connectivity index (χ1n) is 8.19. The van der Waals surface area contributed by atoms with E-state index >= 15 is 0 Å². The van der Waals surface area contributed by atoms with Gasteiger partial charge in [0.05, 0.1) is 19.0 Å². The SMILES string of the molecule is COc1cccc(CCNc2ccc(NC(=O)CC(C)C)nc2)c1. The molecular formula is C19H25N3O2. The molecule has 5 heteroatoms. The number of methoxy groups -OCH3 is 1. The van der Waals surface area contributed by atoms with Crippen LogP contribution < -0.4 is 15.4 Å². The van der Waals surface area contributed by atoms with Gasteiger partial charge in [0, 0.05) is 13.0 Å². The largest absolute Gasteiger partial charge is 0.497 e. The van der Waals surface area contributed by atoms with E-state index in [4.69, 9.17) is 4.74 Å². The zero-order chi connectivity index (χ0) is 17.4. The summed E-state index contributed by atoms with van der Waals surface area (Å²) in [6.45, 7) is 4.83. The highest BCUT2D eigenvalue weighted by atomic mass is 16.5. The average molecular weight is 327 g/mol. The standard InChI is InChI=1S/C19H25N3O2/c1-14(2)11-19(23)22-18-8-7-16(13-21-18)20-10-9-15-5-4-6-17(12-15)24-3/h4-8,12-14,20H,9-11H2,1-3H3,(H,21,22,23). The molecule has 0 spiro atoms. The molecule has 2 N–H and O–H groups in total. The fraction of sp³-hybridized carbons (Fsp3) is 0.368. The molecule has 0 fully saturated rings. The number of ether oxygens (including phenoxy) is 1. The Labute approximate surface area is 143 Å². The fourth-order valence-electron chi connectivity index (χ4n) is 2.32. The summed E-state index contributed by atoms with van der Waals surface area (Å²) in [5.41, 5.74) is 2.15. The summed E-state index contributed by atoms with van der Waals surface area (Å²) in [5, 5.41) is 6.13. The normalized spacial score (nSPS) is 10.5. The topological polar surface area (TPSA) is 63.2 Å². The van der Waals surface area contributed by atoms with Gasteiger partial charge < -0.3 is 15.4 Å². The molecule has 2 rings (SSSR count). The van der Waals surface area contributed by atoms with Crippen molar-refractivity contribution in [2.45, 2.75) is 26.7 Å². The third-order valence-corrected chi connectivity index (χ3v) is 3.50. The van der Waals surface area contributed by atoms with Crippen LogP contribution in [0.15, 0.2) is 42.6 Å². The maximum Gasteiger partial charge on any atom is 0.225 e. The molecule has 128 valence electrons. The van der Waals surface area contributed by atoms with Gasteiger partial charge in [-0.1, -0.05) is 26.0 Å². The second-order valence-electron chi connectivity index (χ2n) is 6.11. The van der Waals surface area contributed by atoms with E-state index in [1.165, 1.54) is 5.56 Å². The van der Waals surface area contributed by atoms with Crippen molar-refractivity contribution in [1.29, 1.82) is 0 Å². The number of nitrogens with zero attached hydrogens (tertiary/aromatic N) is 1. The van der Waals surface area contributed by atoms with E-state index in [0.717, 1.165) is 24.4 Å². The summed E-state index contributed by atoms with van der Waals surface area (Å²) in [4.78, 5) is 16.0. The Bertz CT molecular complexity index is 654. The number of benzene rings is 1. The van der Waals surface area contributed by atoms with E-state index < -0.39 is 0 Å². The van der Waals surface area contributed by atoms with Gasteiger partial charge in [-0.25, -0.2) is 4.98 Å². The molecule has 0 saturated carbocycles. The lowest BCUT2D eigenvalue weighted by Crippen LogP contribution is -2.14. The Morgan fingerprint density at radius 2 is 2.08 bits per heavy atom. The first-order valence-corrected chi connectivity index (χ1v) is 8.19. The van der Waals surface area contributed by atoms with E-state index in [1.54, 1.807) is 13.3 Å². The minimum atomic E-state index is -0.00349. The van der Waals surface area contributed by atoms with Gasteiger partial charge in [-0.05, 0) is 42.2 Å². The summed E-state index contributed by atoms with van der Waals surface area (Å²) in [6, 6.07) is 11.8. The lowest BCUT2D eigenvalue weighted by atomic mass is 10.1. The number of anilines is 2. The Morgan fingerprint density at radius 3 is 2.75 bits per heavy atom. The Hall–Kier alpha value is -2.56. The van der Waals surface area contributed by atoms with Gasteiger partial charge in [-0.2, -0.15) is 0 Å². The Kier molecular flexibility index (Phi) is 6.61. The minimum absolute atomic E-state index is 0.00349. The van der Waals surface area contributed by atoms with Crippen molar-refractivity contribution in [3.8, 4) is 5.75 Å². The molecule has 5 nitrogen and oxygen atoms in total. The lowest BCUT2D eigenvalue weighted by molar-refractivity contribution is -0.116. The smallest absolute Gasteiger partial charge is 0.225 e. The zero-order valence-corrected chi connectivity index (χ0v) is 14.5. The molecule has 1 aromatic heterocycles. The number of carbonyl (C=O) groups is 1. The van der Waals surface area contributed by atoms with Crippen LogP contribution in [0, 0.1) is 5.92 Å². The van der Waals surface area contributed by atoms with Crippen molar-refractivity contribution >= 4 is 17.4 Å². The van der Waals surface area contributed by atoms with Gasteiger partial charge in [0.25, 0.3) is 0 Å². The molecule has 0 aliphatic rings. The zero-order valence-electron chi connectivity index (χ0n) is 14.5. The molecule has 1 heterocycles. The van der Waals surface area contributed by atoms with Gasteiger partial charge in [0.2, 0.25) is 5.91 Å². The monoisotopic (exact) mass is 327 g/mol. The van der Waals surface area contributed by atoms with Crippen molar-refractivity contribution in [2.24, 2.45) is 5.92 Å². The minimum Gasteiger partial charge on any atom is -0.497 e. The second kappa shape index (κ2) is 8.91. The quantitative estimate of drug-likeness (QED) is 0.775. The van der Waals surface area contributed by atoms with Crippen LogP contribution in [0.3, 0.4) is 0 Å². The van der Waals surface area contributed by atoms with Crippen LogP contribution in [0.25, 0.3) is 0 Å². The van der Waals surface area contributed by atoms with Crippen molar-refractivity contribution in [1.82, 2.24) is 4.98 Å². The molecule has 0 atom stereocenters. The number of carbonyl (C=O) groups excluding carboxylic acids is 1. The number of amides is 1. The summed E-state index contributed by atoms with van der Waals surface area (Å²) in [6.07, 6.45) is 3.13. The molecule has 0 aliphatic heterocycles. The molecule has 0 saturated heterocycles. The highest BCUT2D eigenvalue weighted by Gasteiger charge is 2.05. The predicted octanol–water partition coefficient (Wildman–Crippen LogP) is 3.73. The molecule has 0 unspecified atom stereocenters. The number of rotatable bonds is 8. The van der Waals surface area contributed by atoms with Crippen molar-refractivity contribution in [3.05, 3.63) is 48.2 Å². The van der Waals surface area contributed by atoms with Crippen LogP contribution in [-0.4, -0.2) is 24.5 Å². The molecule has 1 aromatic carbocycles. The van der Waals surface area contributed by atoms with Gasteiger partial charge >= 0.3 is 0 Å². The third-order valence-electron chi connectivity index (χ3n) is 3.50. The molecule has 0 aliphatic carbocycles. The molecule has 0 radical (unpaired) electrons. The lowest BCUT2D eigenvalue weighted by Gasteiger charge is -2.09. The van der Waals surface area contributed by atoms with Crippen molar-refractivity contribution < 1.29 is 9.53 Å². The van der Waals surface area contributed by atoms with E-state index in [1.807, 2.05) is 44.2 Å².